The van der Waals surface area contributed by atoms with Crippen LogP contribution in [0.5, 0.6) is 0 Å². The Balaban J connectivity index is 1.69. The van der Waals surface area contributed by atoms with Crippen molar-refractivity contribution in [3.8, 4) is 11.5 Å². The Morgan fingerprint density at radius 1 is 1.41 bits per heavy atom. The smallest absolute Gasteiger partial charge is 0.227 e. The van der Waals surface area contributed by atoms with Crippen LogP contribution in [-0.2, 0) is 11.4 Å². The number of nitrogens with one attached hydrogen (secondary N) is 3. The number of hydrogen-bond acceptors (Lipinski definition) is 4. The molecule has 1 amide bonds. The van der Waals surface area contributed by atoms with E-state index in [4.69, 9.17) is 0 Å². The van der Waals surface area contributed by atoms with Crippen LogP contribution in [0.15, 0.2) is 24.4 Å². The van der Waals surface area contributed by atoms with Crippen molar-refractivity contribution < 1.29 is 9.90 Å². The predicted molar refractivity (Wildman–Crippen MR) is 81.0 cm³/mol. The van der Waals surface area contributed by atoms with Crippen molar-refractivity contribution in [1.82, 2.24) is 20.2 Å². The second kappa shape index (κ2) is 4.96. The van der Waals surface area contributed by atoms with Gasteiger partial charge in [-0.3, -0.25) is 9.89 Å². The van der Waals surface area contributed by atoms with Gasteiger partial charge < -0.3 is 15.4 Å². The van der Waals surface area contributed by atoms with Gasteiger partial charge in [-0.2, -0.15) is 5.10 Å². The van der Waals surface area contributed by atoms with Gasteiger partial charge in [-0.05, 0) is 30.5 Å². The first-order chi connectivity index (χ1) is 10.7. The molecule has 112 valence electrons. The number of nitrogens with zero attached hydrogens (tertiary/aromatic N) is 2. The average Bonchev–Trinajstić information content (AvgIpc) is 3.14. The van der Waals surface area contributed by atoms with Crippen LogP contribution < -0.4 is 5.32 Å². The molecule has 0 unspecified atom stereocenters. The third-order valence-electron chi connectivity index (χ3n) is 3.80. The number of carbonyl (C=O) groups is 1. The Labute approximate surface area is 125 Å². The minimum atomic E-state index is -0.0246. The van der Waals surface area contributed by atoms with Gasteiger partial charge in [0, 0.05) is 12.1 Å². The number of carbonyl (C=O) groups excluding carboxylic acids is 1. The number of benzene rings is 1. The van der Waals surface area contributed by atoms with Gasteiger partial charge in [0.05, 0.1) is 23.3 Å². The molecule has 0 radical (unpaired) electrons. The van der Waals surface area contributed by atoms with Crippen molar-refractivity contribution in [2.24, 2.45) is 5.92 Å². The fourth-order valence-electron chi connectivity index (χ4n) is 2.41. The molecule has 22 heavy (non-hydrogen) atoms. The zero-order chi connectivity index (χ0) is 15.1. The van der Waals surface area contributed by atoms with Crippen LogP contribution in [0.3, 0.4) is 0 Å². The fourth-order valence-corrected chi connectivity index (χ4v) is 2.41. The summed E-state index contributed by atoms with van der Waals surface area (Å²) in [4.78, 5) is 19.6. The molecule has 7 nitrogen and oxygen atoms in total. The minimum absolute atomic E-state index is 0.0246. The van der Waals surface area contributed by atoms with Gasteiger partial charge in [0.2, 0.25) is 5.91 Å². The molecular weight excluding hydrogens is 282 g/mol. The number of aromatic nitrogens is 4. The van der Waals surface area contributed by atoms with Crippen molar-refractivity contribution in [3.05, 3.63) is 30.0 Å². The number of fused-ring (bicyclic) bond motifs is 1. The van der Waals surface area contributed by atoms with Crippen molar-refractivity contribution in [1.29, 1.82) is 0 Å². The summed E-state index contributed by atoms with van der Waals surface area (Å²) in [6, 6.07) is 5.53. The number of aliphatic hydroxyl groups is 1. The zero-order valence-corrected chi connectivity index (χ0v) is 11.8. The number of hydrogen-bond donors (Lipinski definition) is 4. The summed E-state index contributed by atoms with van der Waals surface area (Å²) in [5.74, 6) is 0.740. The first-order valence-electron chi connectivity index (χ1n) is 7.19. The van der Waals surface area contributed by atoms with Crippen LogP contribution in [0, 0.1) is 5.92 Å². The molecule has 1 aromatic carbocycles. The third kappa shape index (κ3) is 2.25. The Bertz CT molecular complexity index is 847. The van der Waals surface area contributed by atoms with Crippen LogP contribution in [-0.4, -0.2) is 31.2 Å². The van der Waals surface area contributed by atoms with Gasteiger partial charge in [-0.15, -0.1) is 0 Å². The van der Waals surface area contributed by atoms with E-state index in [1.165, 1.54) is 0 Å². The van der Waals surface area contributed by atoms with E-state index in [9.17, 15) is 9.90 Å². The van der Waals surface area contributed by atoms with Gasteiger partial charge >= 0.3 is 0 Å². The fraction of sp³-hybridized carbons (Fsp3) is 0.267. The summed E-state index contributed by atoms with van der Waals surface area (Å²) in [6.45, 7) is -0.0246. The molecule has 0 atom stereocenters. The molecule has 7 heteroatoms. The minimum Gasteiger partial charge on any atom is -0.392 e. The summed E-state index contributed by atoms with van der Waals surface area (Å²) < 4.78 is 0. The number of imidazole rings is 1. The van der Waals surface area contributed by atoms with Crippen LogP contribution in [0.25, 0.3) is 22.6 Å². The Hall–Kier alpha value is -2.67. The molecule has 2 heterocycles. The molecule has 4 N–H and O–H groups in total. The number of rotatable bonds is 4. The highest BCUT2D eigenvalue weighted by Gasteiger charge is 2.30. The molecule has 0 aliphatic heterocycles. The monoisotopic (exact) mass is 297 g/mol. The molecule has 1 saturated carbocycles. The van der Waals surface area contributed by atoms with E-state index >= 15 is 0 Å². The first-order valence-corrected chi connectivity index (χ1v) is 7.19. The lowest BCUT2D eigenvalue weighted by molar-refractivity contribution is -0.117. The van der Waals surface area contributed by atoms with E-state index in [0.717, 1.165) is 29.4 Å². The summed E-state index contributed by atoms with van der Waals surface area (Å²) in [7, 11) is 0. The summed E-state index contributed by atoms with van der Waals surface area (Å²) in [5.41, 5.74) is 3.61. The van der Waals surface area contributed by atoms with Crippen LogP contribution in [0.2, 0.25) is 0 Å². The lowest BCUT2D eigenvalue weighted by Crippen LogP contribution is -2.13. The quantitative estimate of drug-likeness (QED) is 0.589. The second-order valence-corrected chi connectivity index (χ2v) is 5.51. The molecule has 0 spiro atoms. The van der Waals surface area contributed by atoms with Crippen LogP contribution in [0.4, 0.5) is 5.69 Å². The SMILES string of the molecule is O=C(Nc1c[nH]nc1-c1nc2cc(CO)ccc2[nH]1)C1CC1. The van der Waals surface area contributed by atoms with Crippen molar-refractivity contribution >= 4 is 22.6 Å². The van der Waals surface area contributed by atoms with Gasteiger partial charge in [-0.25, -0.2) is 4.98 Å². The normalized spacial score (nSPS) is 14.4. The van der Waals surface area contributed by atoms with Gasteiger partial charge in [-0.1, -0.05) is 6.07 Å². The van der Waals surface area contributed by atoms with Crippen molar-refractivity contribution in [3.63, 3.8) is 0 Å². The molecule has 0 bridgehead atoms. The van der Waals surface area contributed by atoms with E-state index in [0.29, 0.717) is 17.2 Å². The number of H-pyrrole nitrogens is 2. The highest BCUT2D eigenvalue weighted by Crippen LogP contribution is 2.32. The van der Waals surface area contributed by atoms with Crippen LogP contribution >= 0.6 is 0 Å². The Kier molecular flexibility index (Phi) is 2.93. The summed E-state index contributed by atoms with van der Waals surface area (Å²) in [5, 5.41) is 19.0. The maximum absolute atomic E-state index is 11.9. The van der Waals surface area contributed by atoms with E-state index in [2.05, 4.69) is 25.5 Å². The maximum atomic E-state index is 11.9. The summed E-state index contributed by atoms with van der Waals surface area (Å²) in [6.07, 6.45) is 3.56. The molecule has 1 aliphatic carbocycles. The zero-order valence-electron chi connectivity index (χ0n) is 11.8. The maximum Gasteiger partial charge on any atom is 0.227 e. The van der Waals surface area contributed by atoms with Crippen LogP contribution in [0.1, 0.15) is 18.4 Å². The highest BCUT2D eigenvalue weighted by atomic mass is 16.3. The average molecular weight is 297 g/mol. The first kappa shape index (κ1) is 13.0. The van der Waals surface area contributed by atoms with E-state index in [1.807, 2.05) is 18.2 Å². The van der Waals surface area contributed by atoms with Crippen molar-refractivity contribution in [2.75, 3.05) is 5.32 Å². The number of aliphatic hydroxyl groups excluding tert-OH is 1. The van der Waals surface area contributed by atoms with Gasteiger partial charge in [0.1, 0.15) is 0 Å². The largest absolute Gasteiger partial charge is 0.392 e. The summed E-state index contributed by atoms with van der Waals surface area (Å²) >= 11 is 0. The lowest BCUT2D eigenvalue weighted by atomic mass is 10.2. The highest BCUT2D eigenvalue weighted by molar-refractivity contribution is 5.97. The molecule has 4 rings (SSSR count). The molecule has 2 aromatic heterocycles. The molecule has 1 fully saturated rings. The molecule has 3 aromatic rings. The van der Waals surface area contributed by atoms with Crippen molar-refractivity contribution in [2.45, 2.75) is 19.4 Å². The molecule has 1 aliphatic rings. The molecule has 0 saturated heterocycles. The topological polar surface area (TPSA) is 107 Å². The third-order valence-corrected chi connectivity index (χ3v) is 3.80. The van der Waals surface area contributed by atoms with Gasteiger partial charge in [0.15, 0.2) is 11.5 Å². The Morgan fingerprint density at radius 2 is 2.27 bits per heavy atom. The van der Waals surface area contributed by atoms with E-state index in [-0.39, 0.29) is 18.4 Å². The predicted octanol–water partition coefficient (Wildman–Crippen LogP) is 1.79. The lowest BCUT2D eigenvalue weighted by Gasteiger charge is -2.02. The molecular formula is C15H15N5O2. The number of aromatic amines is 2. The number of anilines is 1. The van der Waals surface area contributed by atoms with E-state index in [1.54, 1.807) is 6.20 Å². The second-order valence-electron chi connectivity index (χ2n) is 5.51. The van der Waals surface area contributed by atoms with E-state index < -0.39 is 0 Å². The van der Waals surface area contributed by atoms with Gasteiger partial charge in [0.25, 0.3) is 0 Å². The Morgan fingerprint density at radius 3 is 3.05 bits per heavy atom. The number of amides is 1. The standard InChI is InChI=1S/C15H15N5O2/c21-7-8-1-4-10-11(5-8)18-14(17-10)13-12(6-16-20-13)19-15(22)9-2-3-9/h1,4-6,9,21H,2-3,7H2,(H,16,20)(H,17,18)(H,19,22).